The van der Waals surface area contributed by atoms with E-state index in [9.17, 15) is 4.79 Å². The lowest BCUT2D eigenvalue weighted by Crippen LogP contribution is -2.29. The second-order valence-corrected chi connectivity index (χ2v) is 8.02. The third-order valence-corrected chi connectivity index (χ3v) is 5.83. The predicted molar refractivity (Wildman–Crippen MR) is 105 cm³/mol. The molecule has 0 atom stereocenters. The minimum absolute atomic E-state index is 0.0842. The van der Waals surface area contributed by atoms with Gasteiger partial charge in [-0.3, -0.25) is 4.79 Å². The largest absolute Gasteiger partial charge is 0.462 e. The van der Waals surface area contributed by atoms with E-state index in [1.165, 1.54) is 38.5 Å². The summed E-state index contributed by atoms with van der Waals surface area (Å²) in [5.74, 6) is 1.62. The van der Waals surface area contributed by atoms with E-state index >= 15 is 0 Å². The minimum atomic E-state index is 0.0842. The molecule has 25 heavy (non-hydrogen) atoms. The Kier molecular flexibility index (Phi) is 9.36. The first kappa shape index (κ1) is 20.3. The first-order valence-electron chi connectivity index (χ1n) is 10.8. The summed E-state index contributed by atoms with van der Waals surface area (Å²) in [7, 11) is 0. The Labute approximate surface area is 155 Å². The Morgan fingerprint density at radius 2 is 1.28 bits per heavy atom. The second-order valence-electron chi connectivity index (χ2n) is 8.02. The minimum Gasteiger partial charge on any atom is -0.462 e. The fourth-order valence-corrected chi connectivity index (χ4v) is 4.12. The number of hydrogen-bond donors (Lipinski definition) is 0. The number of carbonyl (C=O) groups excluding carboxylic acids is 1. The van der Waals surface area contributed by atoms with Gasteiger partial charge in [0, 0.05) is 0 Å². The van der Waals surface area contributed by atoms with Crippen LogP contribution in [0.1, 0.15) is 90.9 Å². The maximum atomic E-state index is 12.5. The van der Waals surface area contributed by atoms with Gasteiger partial charge in [-0.15, -0.1) is 0 Å². The van der Waals surface area contributed by atoms with Crippen LogP contribution in [0.2, 0.25) is 0 Å². The van der Waals surface area contributed by atoms with E-state index < -0.39 is 0 Å². The predicted octanol–water partition coefficient (Wildman–Crippen LogP) is 6.61. The molecule has 0 amide bonds. The number of hydrogen-bond acceptors (Lipinski definition) is 2. The Bertz CT molecular complexity index is 421. The van der Waals surface area contributed by atoms with Gasteiger partial charge in [0.25, 0.3) is 0 Å². The van der Waals surface area contributed by atoms with Crippen LogP contribution in [0.25, 0.3) is 0 Å². The molecule has 0 aromatic rings. The highest BCUT2D eigenvalue weighted by Gasteiger charge is 2.29. The Balaban J connectivity index is 1.64. The van der Waals surface area contributed by atoms with Gasteiger partial charge in [0.1, 0.15) is 6.10 Å². The monoisotopic (exact) mass is 346 g/mol. The van der Waals surface area contributed by atoms with Gasteiger partial charge in [0.05, 0.1) is 5.92 Å². The quantitative estimate of drug-likeness (QED) is 0.365. The van der Waals surface area contributed by atoms with Gasteiger partial charge >= 0.3 is 5.97 Å². The van der Waals surface area contributed by atoms with Crippen molar-refractivity contribution >= 4 is 5.97 Å². The number of carbonyl (C=O) groups is 1. The van der Waals surface area contributed by atoms with Gasteiger partial charge < -0.3 is 4.74 Å². The van der Waals surface area contributed by atoms with E-state index in [-0.39, 0.29) is 18.0 Å². The summed E-state index contributed by atoms with van der Waals surface area (Å²) < 4.78 is 5.86. The van der Waals surface area contributed by atoms with Crippen LogP contribution >= 0.6 is 0 Å². The van der Waals surface area contributed by atoms with Crippen LogP contribution in [0.3, 0.4) is 0 Å². The van der Waals surface area contributed by atoms with Crippen molar-refractivity contribution in [3.05, 3.63) is 24.3 Å². The number of allylic oxidation sites excluding steroid dienone is 4. The smallest absolute Gasteiger partial charge is 0.309 e. The molecule has 142 valence electrons. The van der Waals surface area contributed by atoms with E-state index in [2.05, 4.69) is 38.2 Å². The van der Waals surface area contributed by atoms with Crippen LogP contribution in [0.4, 0.5) is 0 Å². The van der Waals surface area contributed by atoms with Gasteiger partial charge in [-0.25, -0.2) is 0 Å². The topological polar surface area (TPSA) is 26.3 Å². The summed E-state index contributed by atoms with van der Waals surface area (Å²) in [6.45, 7) is 4.43. The zero-order valence-electron chi connectivity index (χ0n) is 16.4. The molecule has 2 fully saturated rings. The molecule has 0 saturated heterocycles. The lowest BCUT2D eigenvalue weighted by molar-refractivity contribution is -0.157. The number of esters is 1. The highest BCUT2D eigenvalue weighted by atomic mass is 16.5. The molecule has 0 unspecified atom stereocenters. The molecule has 0 aromatic carbocycles. The molecular weight excluding hydrogens is 308 g/mol. The van der Waals surface area contributed by atoms with Gasteiger partial charge in [0.15, 0.2) is 0 Å². The Hall–Kier alpha value is -1.05. The summed E-state index contributed by atoms with van der Waals surface area (Å²) in [5.41, 5.74) is 0. The van der Waals surface area contributed by atoms with Crippen molar-refractivity contribution in [1.29, 1.82) is 0 Å². The van der Waals surface area contributed by atoms with Gasteiger partial charge in [-0.05, 0) is 76.0 Å². The van der Waals surface area contributed by atoms with Crippen LogP contribution < -0.4 is 0 Å². The molecule has 0 heterocycles. The molecule has 2 aliphatic rings. The summed E-state index contributed by atoms with van der Waals surface area (Å²) in [4.78, 5) is 12.5. The molecule has 2 saturated carbocycles. The molecule has 0 aliphatic heterocycles. The molecule has 0 spiro atoms. The fraction of sp³-hybridized carbons (Fsp3) is 0.783. The van der Waals surface area contributed by atoms with Crippen LogP contribution in [0, 0.1) is 17.8 Å². The normalized spacial score (nSPS) is 30.8. The van der Waals surface area contributed by atoms with Crippen molar-refractivity contribution in [1.82, 2.24) is 0 Å². The zero-order valence-corrected chi connectivity index (χ0v) is 16.4. The average Bonchev–Trinajstić information content (AvgIpc) is 2.64. The zero-order chi connectivity index (χ0) is 17.9. The standard InChI is InChI=1S/C23H38O2/c1-3-5-7-9-19-11-15-21(16-12-19)23(24)25-22-17-13-20(14-18-22)10-8-6-4-2/h7-10,19-22H,3-6,11-18H2,1-2H3/b9-7+,10-8+/t19-,20-,21-,22-. The van der Waals surface area contributed by atoms with Crippen LogP contribution in [0.5, 0.6) is 0 Å². The first-order valence-corrected chi connectivity index (χ1v) is 10.8. The van der Waals surface area contributed by atoms with Gasteiger partial charge in [0.2, 0.25) is 0 Å². The Morgan fingerprint density at radius 1 is 0.800 bits per heavy atom. The highest BCUT2D eigenvalue weighted by molar-refractivity contribution is 5.72. The molecule has 0 bridgehead atoms. The first-order chi connectivity index (χ1) is 12.2. The molecule has 2 heteroatoms. The molecule has 0 radical (unpaired) electrons. The fourth-order valence-electron chi connectivity index (χ4n) is 4.12. The van der Waals surface area contributed by atoms with E-state index in [1.807, 2.05) is 0 Å². The Morgan fingerprint density at radius 3 is 1.76 bits per heavy atom. The lowest BCUT2D eigenvalue weighted by atomic mass is 9.81. The number of unbranched alkanes of at least 4 members (excludes halogenated alkanes) is 2. The third-order valence-electron chi connectivity index (χ3n) is 5.83. The highest BCUT2D eigenvalue weighted by Crippen LogP contribution is 2.33. The van der Waals surface area contributed by atoms with Crippen LogP contribution in [0.15, 0.2) is 24.3 Å². The van der Waals surface area contributed by atoms with E-state index in [1.54, 1.807) is 0 Å². The van der Waals surface area contributed by atoms with Gasteiger partial charge in [-0.1, -0.05) is 51.0 Å². The molecule has 2 aliphatic carbocycles. The molecule has 2 nitrogen and oxygen atoms in total. The third kappa shape index (κ3) is 7.38. The van der Waals surface area contributed by atoms with Crippen molar-refractivity contribution in [2.24, 2.45) is 17.8 Å². The molecule has 0 N–H and O–H groups in total. The average molecular weight is 347 g/mol. The van der Waals surface area contributed by atoms with E-state index in [4.69, 9.17) is 4.74 Å². The summed E-state index contributed by atoms with van der Waals surface area (Å²) in [6, 6.07) is 0. The molecular formula is C23H38O2. The number of rotatable bonds is 8. The van der Waals surface area contributed by atoms with Crippen molar-refractivity contribution in [2.45, 2.75) is 97.0 Å². The summed E-state index contributed by atoms with van der Waals surface area (Å²) in [6.07, 6.45) is 23.1. The molecule has 0 aromatic heterocycles. The van der Waals surface area contributed by atoms with Crippen molar-refractivity contribution < 1.29 is 9.53 Å². The lowest BCUT2D eigenvalue weighted by Gasteiger charge is -2.30. The van der Waals surface area contributed by atoms with Gasteiger partial charge in [-0.2, -0.15) is 0 Å². The van der Waals surface area contributed by atoms with Crippen LogP contribution in [-0.4, -0.2) is 12.1 Å². The van der Waals surface area contributed by atoms with Crippen LogP contribution in [-0.2, 0) is 9.53 Å². The number of ether oxygens (including phenoxy) is 1. The van der Waals surface area contributed by atoms with Crippen molar-refractivity contribution in [3.63, 3.8) is 0 Å². The van der Waals surface area contributed by atoms with Crippen molar-refractivity contribution in [3.8, 4) is 0 Å². The van der Waals surface area contributed by atoms with E-state index in [0.717, 1.165) is 38.5 Å². The SMILES string of the molecule is CCC/C=C/[C@H]1CC[C@H](OC(=O)[C@H]2CC[C@H](/C=C/CCC)CC2)CC1. The maximum absolute atomic E-state index is 12.5. The van der Waals surface area contributed by atoms with E-state index in [0.29, 0.717) is 11.8 Å². The summed E-state index contributed by atoms with van der Waals surface area (Å²) >= 11 is 0. The maximum Gasteiger partial charge on any atom is 0.309 e. The summed E-state index contributed by atoms with van der Waals surface area (Å²) in [5, 5.41) is 0. The van der Waals surface area contributed by atoms with Crippen molar-refractivity contribution in [2.75, 3.05) is 0 Å². The molecule has 2 rings (SSSR count). The second kappa shape index (κ2) is 11.5.